The summed E-state index contributed by atoms with van der Waals surface area (Å²) in [4.78, 5) is 9.08. The Morgan fingerprint density at radius 2 is 1.18 bits per heavy atom. The number of aromatic nitrogens is 2. The Balaban J connectivity index is 1.78. The monoisotopic (exact) mass is 296 g/mol. The van der Waals surface area contributed by atoms with Gasteiger partial charge in [-0.1, -0.05) is 38.8 Å². The highest BCUT2D eigenvalue weighted by Crippen LogP contribution is 2.26. The van der Waals surface area contributed by atoms with E-state index in [0.29, 0.717) is 11.8 Å². The van der Waals surface area contributed by atoms with Crippen molar-refractivity contribution in [2.24, 2.45) is 0 Å². The predicted octanol–water partition coefficient (Wildman–Crippen LogP) is 5.56. The molecule has 0 aliphatic rings. The largest absolute Gasteiger partial charge is 0.261 e. The van der Waals surface area contributed by atoms with E-state index in [-0.39, 0.29) is 0 Å². The van der Waals surface area contributed by atoms with E-state index in [2.05, 4.69) is 49.8 Å². The van der Waals surface area contributed by atoms with Crippen molar-refractivity contribution in [3.05, 3.63) is 59.2 Å². The van der Waals surface area contributed by atoms with E-state index in [1.807, 2.05) is 24.5 Å². The summed E-state index contributed by atoms with van der Waals surface area (Å²) in [5, 5.41) is 0. The molecule has 2 heteroatoms. The van der Waals surface area contributed by atoms with Gasteiger partial charge in [0.25, 0.3) is 0 Å². The van der Waals surface area contributed by atoms with E-state index < -0.39 is 0 Å². The molecule has 0 aliphatic heterocycles. The van der Waals surface area contributed by atoms with Gasteiger partial charge in [0.05, 0.1) is 0 Å². The van der Waals surface area contributed by atoms with Gasteiger partial charge < -0.3 is 0 Å². The molecular formula is C20H28N2. The lowest BCUT2D eigenvalue weighted by molar-refractivity contribution is 0.539. The highest BCUT2D eigenvalue weighted by atomic mass is 14.7. The SMILES string of the molecule is Cc1cccnc1C(C)CCCCC(C)c1ncccc1C. The van der Waals surface area contributed by atoms with Crippen LogP contribution in [0, 0.1) is 13.8 Å². The topological polar surface area (TPSA) is 25.8 Å². The van der Waals surface area contributed by atoms with Crippen LogP contribution in [0.15, 0.2) is 36.7 Å². The van der Waals surface area contributed by atoms with Gasteiger partial charge in [0.15, 0.2) is 0 Å². The number of aryl methyl sites for hydroxylation is 2. The molecule has 0 spiro atoms. The Morgan fingerprint density at radius 3 is 1.55 bits per heavy atom. The molecule has 2 unspecified atom stereocenters. The fourth-order valence-electron chi connectivity index (χ4n) is 3.20. The highest BCUT2D eigenvalue weighted by molar-refractivity contribution is 5.21. The summed E-state index contributed by atoms with van der Waals surface area (Å²) < 4.78 is 0. The summed E-state index contributed by atoms with van der Waals surface area (Å²) in [6.07, 6.45) is 8.76. The van der Waals surface area contributed by atoms with Crippen LogP contribution >= 0.6 is 0 Å². The van der Waals surface area contributed by atoms with Crippen molar-refractivity contribution < 1.29 is 0 Å². The third-order valence-corrected chi connectivity index (χ3v) is 4.56. The fourth-order valence-corrected chi connectivity index (χ4v) is 3.20. The van der Waals surface area contributed by atoms with Crippen molar-refractivity contribution in [2.75, 3.05) is 0 Å². The van der Waals surface area contributed by atoms with Gasteiger partial charge in [-0.3, -0.25) is 9.97 Å². The van der Waals surface area contributed by atoms with E-state index in [1.165, 1.54) is 48.2 Å². The molecule has 0 N–H and O–H groups in total. The fraction of sp³-hybridized carbons (Fsp3) is 0.500. The van der Waals surface area contributed by atoms with Crippen LogP contribution in [-0.2, 0) is 0 Å². The van der Waals surface area contributed by atoms with Gasteiger partial charge in [-0.15, -0.1) is 0 Å². The normalized spacial score (nSPS) is 13.8. The Bertz CT molecular complexity index is 538. The summed E-state index contributed by atoms with van der Waals surface area (Å²) in [5.74, 6) is 1.10. The first-order valence-corrected chi connectivity index (χ1v) is 8.42. The van der Waals surface area contributed by atoms with Crippen LogP contribution < -0.4 is 0 Å². The minimum Gasteiger partial charge on any atom is -0.261 e. The minimum absolute atomic E-state index is 0.549. The number of unbranched alkanes of at least 4 members (excludes halogenated alkanes) is 1. The number of rotatable bonds is 7. The quantitative estimate of drug-likeness (QED) is 0.625. The van der Waals surface area contributed by atoms with Crippen LogP contribution in [0.1, 0.15) is 73.9 Å². The Labute approximate surface area is 135 Å². The molecule has 0 radical (unpaired) electrons. The molecule has 0 saturated carbocycles. The van der Waals surface area contributed by atoms with E-state index in [4.69, 9.17) is 0 Å². The maximum atomic E-state index is 4.54. The molecule has 0 amide bonds. The van der Waals surface area contributed by atoms with E-state index in [1.54, 1.807) is 0 Å². The average molecular weight is 296 g/mol. The molecule has 2 atom stereocenters. The Morgan fingerprint density at radius 1 is 0.773 bits per heavy atom. The lowest BCUT2D eigenvalue weighted by Gasteiger charge is -2.15. The maximum Gasteiger partial charge on any atom is 0.0460 e. The van der Waals surface area contributed by atoms with Crippen molar-refractivity contribution in [3.8, 4) is 0 Å². The molecule has 2 aromatic rings. The first-order valence-electron chi connectivity index (χ1n) is 8.42. The number of hydrogen-bond acceptors (Lipinski definition) is 2. The summed E-state index contributed by atoms with van der Waals surface area (Å²) in [6, 6.07) is 8.35. The molecule has 0 aromatic carbocycles. The second kappa shape index (κ2) is 8.07. The molecule has 0 aliphatic carbocycles. The first-order chi connectivity index (χ1) is 10.6. The maximum absolute atomic E-state index is 4.54. The first kappa shape index (κ1) is 16.7. The van der Waals surface area contributed by atoms with Crippen molar-refractivity contribution in [3.63, 3.8) is 0 Å². The summed E-state index contributed by atoms with van der Waals surface area (Å²) >= 11 is 0. The third kappa shape index (κ3) is 4.40. The Hall–Kier alpha value is -1.70. The molecule has 118 valence electrons. The smallest absolute Gasteiger partial charge is 0.0460 e. The number of hydrogen-bond donors (Lipinski definition) is 0. The predicted molar refractivity (Wildman–Crippen MR) is 93.2 cm³/mol. The highest BCUT2D eigenvalue weighted by Gasteiger charge is 2.12. The van der Waals surface area contributed by atoms with Crippen LogP contribution in [0.2, 0.25) is 0 Å². The summed E-state index contributed by atoms with van der Waals surface area (Å²) in [5.41, 5.74) is 5.15. The van der Waals surface area contributed by atoms with Crippen molar-refractivity contribution in [1.29, 1.82) is 0 Å². The van der Waals surface area contributed by atoms with Gasteiger partial charge in [-0.2, -0.15) is 0 Å². The van der Waals surface area contributed by atoms with Gasteiger partial charge in [0, 0.05) is 23.8 Å². The van der Waals surface area contributed by atoms with Gasteiger partial charge >= 0.3 is 0 Å². The minimum atomic E-state index is 0.549. The van der Waals surface area contributed by atoms with Gasteiger partial charge in [0.2, 0.25) is 0 Å². The standard InChI is InChI=1S/C20H28N2/c1-15(19-17(3)11-7-13-21-19)9-5-6-10-16(2)20-18(4)12-8-14-22-20/h7-8,11-16H,5-6,9-10H2,1-4H3. The second-order valence-corrected chi connectivity index (χ2v) is 6.50. The van der Waals surface area contributed by atoms with Crippen molar-refractivity contribution >= 4 is 0 Å². The van der Waals surface area contributed by atoms with Crippen LogP contribution in [0.5, 0.6) is 0 Å². The molecule has 0 bridgehead atoms. The summed E-state index contributed by atoms with van der Waals surface area (Å²) in [6.45, 7) is 8.90. The molecule has 2 nitrogen and oxygen atoms in total. The number of pyridine rings is 2. The van der Waals surface area contributed by atoms with Gasteiger partial charge in [-0.25, -0.2) is 0 Å². The average Bonchev–Trinajstić information content (AvgIpc) is 2.52. The zero-order valence-corrected chi connectivity index (χ0v) is 14.3. The van der Waals surface area contributed by atoms with Gasteiger partial charge in [-0.05, 0) is 61.8 Å². The molecular weight excluding hydrogens is 268 g/mol. The molecule has 0 saturated heterocycles. The molecule has 2 heterocycles. The van der Waals surface area contributed by atoms with E-state index >= 15 is 0 Å². The van der Waals surface area contributed by atoms with Crippen LogP contribution in [0.4, 0.5) is 0 Å². The van der Waals surface area contributed by atoms with Crippen LogP contribution in [0.25, 0.3) is 0 Å². The molecule has 2 rings (SSSR count). The molecule has 2 aromatic heterocycles. The Kier molecular flexibility index (Phi) is 6.11. The van der Waals surface area contributed by atoms with Gasteiger partial charge in [0.1, 0.15) is 0 Å². The van der Waals surface area contributed by atoms with Crippen LogP contribution in [-0.4, -0.2) is 9.97 Å². The lowest BCUT2D eigenvalue weighted by atomic mass is 9.93. The molecule has 22 heavy (non-hydrogen) atoms. The lowest BCUT2D eigenvalue weighted by Crippen LogP contribution is -2.02. The van der Waals surface area contributed by atoms with E-state index in [9.17, 15) is 0 Å². The number of nitrogens with zero attached hydrogens (tertiary/aromatic N) is 2. The van der Waals surface area contributed by atoms with Crippen molar-refractivity contribution in [2.45, 2.75) is 65.2 Å². The van der Waals surface area contributed by atoms with Crippen molar-refractivity contribution in [1.82, 2.24) is 9.97 Å². The van der Waals surface area contributed by atoms with E-state index in [0.717, 1.165) is 0 Å². The zero-order chi connectivity index (χ0) is 15.9. The van der Waals surface area contributed by atoms with Crippen LogP contribution in [0.3, 0.4) is 0 Å². The molecule has 0 fully saturated rings. The second-order valence-electron chi connectivity index (χ2n) is 6.50. The summed E-state index contributed by atoms with van der Waals surface area (Å²) in [7, 11) is 0. The third-order valence-electron chi connectivity index (χ3n) is 4.56. The zero-order valence-electron chi connectivity index (χ0n) is 14.3.